The third-order valence-electron chi connectivity index (χ3n) is 2.46. The van der Waals surface area contributed by atoms with Gasteiger partial charge in [-0.05, 0) is 30.3 Å². The van der Waals surface area contributed by atoms with E-state index in [1.54, 1.807) is 6.07 Å². The number of hydrogen-bond donors (Lipinski definition) is 1. The van der Waals surface area contributed by atoms with E-state index in [1.165, 1.54) is 12.1 Å². The molecular formula is C14H9BrF3NO2. The number of hydrogen-bond acceptors (Lipinski definition) is 2. The van der Waals surface area contributed by atoms with Gasteiger partial charge < -0.3 is 10.1 Å². The van der Waals surface area contributed by atoms with Gasteiger partial charge in [0, 0.05) is 10.5 Å². The number of nitrogens with one attached hydrogen (secondary N) is 1. The molecule has 2 aromatic carbocycles. The third-order valence-corrected chi connectivity index (χ3v) is 2.95. The van der Waals surface area contributed by atoms with E-state index in [0.717, 1.165) is 18.2 Å². The molecule has 2 rings (SSSR count). The highest BCUT2D eigenvalue weighted by molar-refractivity contribution is 9.10. The Hall–Kier alpha value is -2.02. The largest absolute Gasteiger partial charge is 0.481 e. The summed E-state index contributed by atoms with van der Waals surface area (Å²) < 4.78 is 45.2. The van der Waals surface area contributed by atoms with Crippen LogP contribution in [0.1, 0.15) is 0 Å². The molecule has 1 amide bonds. The summed E-state index contributed by atoms with van der Waals surface area (Å²) in [5.41, 5.74) is -0.306. The normalized spacial score (nSPS) is 10.3. The van der Waals surface area contributed by atoms with E-state index in [9.17, 15) is 18.0 Å². The fourth-order valence-corrected chi connectivity index (χ4v) is 1.85. The number of amides is 1. The molecule has 0 bridgehead atoms. The summed E-state index contributed by atoms with van der Waals surface area (Å²) >= 11 is 3.08. The van der Waals surface area contributed by atoms with Crippen LogP contribution in [-0.4, -0.2) is 12.5 Å². The Morgan fingerprint density at radius 3 is 2.57 bits per heavy atom. The van der Waals surface area contributed by atoms with Crippen LogP contribution in [0.15, 0.2) is 40.9 Å². The topological polar surface area (TPSA) is 38.3 Å². The molecule has 0 unspecified atom stereocenters. The average Bonchev–Trinajstić information content (AvgIpc) is 2.42. The maximum atomic E-state index is 13.4. The first-order valence-corrected chi connectivity index (χ1v) is 6.58. The Kier molecular flexibility index (Phi) is 4.85. The molecule has 1 N–H and O–H groups in total. The molecule has 0 aliphatic rings. The van der Waals surface area contributed by atoms with Crippen molar-refractivity contribution in [3.05, 3.63) is 58.3 Å². The van der Waals surface area contributed by atoms with Crippen LogP contribution in [0.25, 0.3) is 0 Å². The summed E-state index contributed by atoms with van der Waals surface area (Å²) in [5.74, 6) is -2.96. The number of halogens is 4. The van der Waals surface area contributed by atoms with Crippen molar-refractivity contribution in [3.63, 3.8) is 0 Å². The zero-order valence-corrected chi connectivity index (χ0v) is 12.1. The lowest BCUT2D eigenvalue weighted by molar-refractivity contribution is -0.118. The number of anilines is 1. The van der Waals surface area contributed by atoms with Gasteiger partial charge in [0.1, 0.15) is 11.6 Å². The number of benzene rings is 2. The minimum Gasteiger partial charge on any atom is -0.481 e. The first-order chi connectivity index (χ1) is 9.95. The molecule has 0 radical (unpaired) electrons. The maximum absolute atomic E-state index is 13.4. The molecule has 0 fully saturated rings. The Balaban J connectivity index is 1.97. The second-order valence-electron chi connectivity index (χ2n) is 4.04. The van der Waals surface area contributed by atoms with Gasteiger partial charge in [0.05, 0.1) is 5.69 Å². The Morgan fingerprint density at radius 1 is 1.10 bits per heavy atom. The van der Waals surface area contributed by atoms with Gasteiger partial charge in [-0.3, -0.25) is 4.79 Å². The summed E-state index contributed by atoms with van der Waals surface area (Å²) in [6.45, 7) is -0.533. The average molecular weight is 360 g/mol. The van der Waals surface area contributed by atoms with E-state index in [0.29, 0.717) is 4.47 Å². The van der Waals surface area contributed by atoms with E-state index >= 15 is 0 Å². The van der Waals surface area contributed by atoms with E-state index in [2.05, 4.69) is 21.2 Å². The molecule has 0 atom stereocenters. The van der Waals surface area contributed by atoms with Gasteiger partial charge in [-0.2, -0.15) is 0 Å². The number of carbonyl (C=O) groups excluding carboxylic acids is 1. The highest BCUT2D eigenvalue weighted by Crippen LogP contribution is 2.21. The van der Waals surface area contributed by atoms with Gasteiger partial charge in [0.25, 0.3) is 5.91 Å². The van der Waals surface area contributed by atoms with Crippen LogP contribution < -0.4 is 10.1 Å². The van der Waals surface area contributed by atoms with E-state index < -0.39 is 30.0 Å². The third kappa shape index (κ3) is 4.22. The summed E-state index contributed by atoms with van der Waals surface area (Å²) in [5, 5.41) is 2.14. The first kappa shape index (κ1) is 15.4. The molecule has 0 spiro atoms. The highest BCUT2D eigenvalue weighted by Gasteiger charge is 2.10. The van der Waals surface area contributed by atoms with E-state index in [4.69, 9.17) is 4.74 Å². The molecule has 0 aliphatic carbocycles. The first-order valence-electron chi connectivity index (χ1n) is 5.78. The van der Waals surface area contributed by atoms with Gasteiger partial charge >= 0.3 is 0 Å². The van der Waals surface area contributed by atoms with Crippen molar-refractivity contribution in [2.45, 2.75) is 0 Å². The van der Waals surface area contributed by atoms with Crippen molar-refractivity contribution in [1.29, 1.82) is 0 Å². The van der Waals surface area contributed by atoms with Crippen molar-refractivity contribution in [3.8, 4) is 5.75 Å². The zero-order chi connectivity index (χ0) is 15.4. The van der Waals surface area contributed by atoms with Gasteiger partial charge in [-0.15, -0.1) is 0 Å². The molecule has 0 saturated heterocycles. The van der Waals surface area contributed by atoms with Crippen LogP contribution in [0.5, 0.6) is 5.75 Å². The summed E-state index contributed by atoms with van der Waals surface area (Å²) in [6.07, 6.45) is 0. The molecule has 0 aliphatic heterocycles. The monoisotopic (exact) mass is 359 g/mol. The van der Waals surface area contributed by atoms with Gasteiger partial charge in [-0.1, -0.05) is 15.9 Å². The smallest absolute Gasteiger partial charge is 0.262 e. The molecule has 2 aromatic rings. The van der Waals surface area contributed by atoms with Gasteiger partial charge in [-0.25, -0.2) is 13.2 Å². The molecular weight excluding hydrogens is 351 g/mol. The summed E-state index contributed by atoms with van der Waals surface area (Å²) in [7, 11) is 0. The number of carbonyl (C=O) groups is 1. The number of rotatable bonds is 4. The van der Waals surface area contributed by atoms with Crippen LogP contribution in [0.3, 0.4) is 0 Å². The highest BCUT2D eigenvalue weighted by atomic mass is 79.9. The molecule has 3 nitrogen and oxygen atoms in total. The van der Waals surface area contributed by atoms with Gasteiger partial charge in [0.15, 0.2) is 18.2 Å². The zero-order valence-electron chi connectivity index (χ0n) is 10.5. The lowest BCUT2D eigenvalue weighted by Gasteiger charge is -2.09. The van der Waals surface area contributed by atoms with Crippen molar-refractivity contribution >= 4 is 27.5 Å². The van der Waals surface area contributed by atoms with E-state index in [-0.39, 0.29) is 11.4 Å². The predicted molar refractivity (Wildman–Crippen MR) is 74.6 cm³/mol. The van der Waals surface area contributed by atoms with Crippen molar-refractivity contribution in [1.82, 2.24) is 0 Å². The molecule has 0 heterocycles. The summed E-state index contributed by atoms with van der Waals surface area (Å²) in [4.78, 5) is 11.6. The minimum absolute atomic E-state index is 0.118. The van der Waals surface area contributed by atoms with Crippen LogP contribution in [-0.2, 0) is 4.79 Å². The van der Waals surface area contributed by atoms with Crippen molar-refractivity contribution in [2.75, 3.05) is 11.9 Å². The Labute approximate surface area is 126 Å². The molecule has 7 heteroatoms. The fourth-order valence-electron chi connectivity index (χ4n) is 1.52. The molecule has 0 aromatic heterocycles. The molecule has 110 valence electrons. The Morgan fingerprint density at radius 2 is 1.86 bits per heavy atom. The SMILES string of the molecule is O=C(COc1ccc(Br)cc1F)Nc1cc(F)ccc1F. The van der Waals surface area contributed by atoms with E-state index in [1.807, 2.05) is 0 Å². The standard InChI is InChI=1S/C14H9BrF3NO2/c15-8-1-4-13(11(18)5-8)21-7-14(20)19-12-6-9(16)2-3-10(12)17/h1-6H,7H2,(H,19,20). The van der Waals surface area contributed by atoms with Crippen LogP contribution in [0, 0.1) is 17.5 Å². The maximum Gasteiger partial charge on any atom is 0.262 e. The second-order valence-corrected chi connectivity index (χ2v) is 4.95. The minimum atomic E-state index is -0.778. The van der Waals surface area contributed by atoms with Crippen molar-refractivity contribution < 1.29 is 22.7 Å². The fraction of sp³-hybridized carbons (Fsp3) is 0.0714. The second kappa shape index (κ2) is 6.62. The molecule has 0 saturated carbocycles. The van der Waals surface area contributed by atoms with Crippen LogP contribution in [0.4, 0.5) is 18.9 Å². The van der Waals surface area contributed by atoms with Crippen molar-refractivity contribution in [2.24, 2.45) is 0 Å². The Bertz CT molecular complexity index is 679. The quantitative estimate of drug-likeness (QED) is 0.899. The number of ether oxygens (including phenoxy) is 1. The van der Waals surface area contributed by atoms with Crippen LogP contribution >= 0.6 is 15.9 Å². The van der Waals surface area contributed by atoms with Crippen LogP contribution in [0.2, 0.25) is 0 Å². The lowest BCUT2D eigenvalue weighted by Crippen LogP contribution is -2.21. The van der Waals surface area contributed by atoms with Gasteiger partial charge in [0.2, 0.25) is 0 Å². The predicted octanol–water partition coefficient (Wildman–Crippen LogP) is 3.88. The lowest BCUT2D eigenvalue weighted by atomic mass is 10.3. The molecule has 21 heavy (non-hydrogen) atoms. The summed E-state index contributed by atoms with van der Waals surface area (Å²) in [6, 6.07) is 6.73.